The lowest BCUT2D eigenvalue weighted by Crippen LogP contribution is -2.32. The molecule has 4 rings (SSSR count). The summed E-state index contributed by atoms with van der Waals surface area (Å²) >= 11 is 3.47. The number of rotatable bonds is 7. The number of halogens is 2. The van der Waals surface area contributed by atoms with Crippen molar-refractivity contribution in [3.63, 3.8) is 0 Å². The molecule has 7 nitrogen and oxygen atoms in total. The highest BCUT2D eigenvalue weighted by atomic mass is 79.9. The molecule has 0 aliphatic heterocycles. The van der Waals surface area contributed by atoms with Crippen LogP contribution in [-0.4, -0.2) is 22.5 Å². The number of fused-ring (bicyclic) bond motifs is 1. The number of aromatic nitrogens is 2. The Hall–Kier alpha value is -3.72. The van der Waals surface area contributed by atoms with Crippen LogP contribution in [0.2, 0.25) is 0 Å². The quantitative estimate of drug-likeness (QED) is 0.371. The summed E-state index contributed by atoms with van der Waals surface area (Å²) in [5.74, 6) is 0.536. The molecule has 0 spiro atoms. The maximum Gasteiger partial charge on any atom is 0.349 e. The van der Waals surface area contributed by atoms with Gasteiger partial charge in [0.1, 0.15) is 12.4 Å². The minimum atomic E-state index is -0.644. The summed E-state index contributed by atoms with van der Waals surface area (Å²) in [5, 5.41) is 4.43. The number of nitrogens with one attached hydrogen (secondary N) is 1. The van der Waals surface area contributed by atoms with E-state index in [0.717, 1.165) is 4.68 Å². The van der Waals surface area contributed by atoms with E-state index in [0.29, 0.717) is 44.6 Å². The van der Waals surface area contributed by atoms with Crippen molar-refractivity contribution >= 4 is 33.0 Å². The minimum absolute atomic E-state index is 0.145. The largest absolute Gasteiger partial charge is 0.490 e. The summed E-state index contributed by atoms with van der Waals surface area (Å²) in [6, 6.07) is 16.2. The first-order valence-electron chi connectivity index (χ1n) is 10.1. The van der Waals surface area contributed by atoms with E-state index in [1.165, 1.54) is 18.3 Å². The SMILES string of the molecule is CCOc1cc(C=Nn2c(=O)[nH]c3ccccc3c2=O)cc(Br)c1OCc1cccc(F)c1. The molecule has 1 heterocycles. The minimum Gasteiger partial charge on any atom is -0.490 e. The Bertz CT molecular complexity index is 1460. The zero-order chi connectivity index (χ0) is 23.4. The lowest BCUT2D eigenvalue weighted by Gasteiger charge is -2.14. The van der Waals surface area contributed by atoms with Crippen molar-refractivity contribution in [1.29, 1.82) is 0 Å². The predicted octanol–water partition coefficient (Wildman–Crippen LogP) is 4.45. The first-order valence-corrected chi connectivity index (χ1v) is 10.9. The van der Waals surface area contributed by atoms with Gasteiger partial charge in [0.05, 0.1) is 28.2 Å². The first-order chi connectivity index (χ1) is 16.0. The predicted molar refractivity (Wildman–Crippen MR) is 128 cm³/mol. The average molecular weight is 512 g/mol. The molecular formula is C24H19BrFN3O4. The van der Waals surface area contributed by atoms with E-state index < -0.39 is 11.2 Å². The molecule has 0 aliphatic rings. The van der Waals surface area contributed by atoms with Crippen molar-refractivity contribution < 1.29 is 13.9 Å². The van der Waals surface area contributed by atoms with E-state index in [1.807, 2.05) is 6.92 Å². The first kappa shape index (κ1) is 22.5. The van der Waals surface area contributed by atoms with Gasteiger partial charge in [-0.25, -0.2) is 9.18 Å². The van der Waals surface area contributed by atoms with E-state index in [-0.39, 0.29) is 12.4 Å². The zero-order valence-electron chi connectivity index (χ0n) is 17.5. The van der Waals surface area contributed by atoms with Gasteiger partial charge in [-0.2, -0.15) is 5.10 Å². The maximum absolute atomic E-state index is 13.4. The van der Waals surface area contributed by atoms with Crippen LogP contribution in [0.3, 0.4) is 0 Å². The normalized spacial score (nSPS) is 11.2. The third kappa shape index (κ3) is 5.04. The van der Waals surface area contributed by atoms with Gasteiger partial charge in [-0.1, -0.05) is 24.3 Å². The second-order valence-corrected chi connectivity index (χ2v) is 7.87. The number of para-hydroxylation sites is 1. The van der Waals surface area contributed by atoms with Crippen LogP contribution in [0.25, 0.3) is 10.9 Å². The fraction of sp³-hybridized carbons (Fsp3) is 0.125. The highest BCUT2D eigenvalue weighted by Crippen LogP contribution is 2.37. The third-order valence-electron chi connectivity index (χ3n) is 4.71. The van der Waals surface area contributed by atoms with Crippen LogP contribution >= 0.6 is 15.9 Å². The average Bonchev–Trinajstić information content (AvgIpc) is 2.78. The lowest BCUT2D eigenvalue weighted by molar-refractivity contribution is 0.267. The summed E-state index contributed by atoms with van der Waals surface area (Å²) < 4.78 is 26.4. The second kappa shape index (κ2) is 9.83. The number of nitrogens with zero attached hydrogens (tertiary/aromatic N) is 2. The molecular weight excluding hydrogens is 493 g/mol. The Morgan fingerprint density at radius 1 is 1.09 bits per heavy atom. The number of ether oxygens (including phenoxy) is 2. The zero-order valence-corrected chi connectivity index (χ0v) is 19.1. The van der Waals surface area contributed by atoms with Crippen LogP contribution in [0.15, 0.2) is 79.8 Å². The number of benzene rings is 3. The summed E-state index contributed by atoms with van der Waals surface area (Å²) in [7, 11) is 0. The van der Waals surface area contributed by atoms with Crippen molar-refractivity contribution in [2.75, 3.05) is 6.61 Å². The van der Waals surface area contributed by atoms with E-state index in [9.17, 15) is 14.0 Å². The highest BCUT2D eigenvalue weighted by molar-refractivity contribution is 9.10. The summed E-state index contributed by atoms with van der Waals surface area (Å²) in [6.07, 6.45) is 1.38. The maximum atomic E-state index is 13.4. The summed E-state index contributed by atoms with van der Waals surface area (Å²) in [4.78, 5) is 27.6. The fourth-order valence-corrected chi connectivity index (χ4v) is 3.80. The van der Waals surface area contributed by atoms with Gasteiger partial charge in [-0.3, -0.25) is 4.79 Å². The summed E-state index contributed by atoms with van der Waals surface area (Å²) in [5.41, 5.74) is 0.520. The van der Waals surface area contributed by atoms with Gasteiger partial charge < -0.3 is 14.5 Å². The molecule has 0 fully saturated rings. The Balaban J connectivity index is 1.65. The van der Waals surface area contributed by atoms with Crippen LogP contribution in [0.5, 0.6) is 11.5 Å². The van der Waals surface area contributed by atoms with Crippen molar-refractivity contribution in [1.82, 2.24) is 9.66 Å². The molecule has 0 saturated carbocycles. The molecule has 168 valence electrons. The Morgan fingerprint density at radius 2 is 1.91 bits per heavy atom. The monoisotopic (exact) mass is 511 g/mol. The van der Waals surface area contributed by atoms with Gasteiger partial charge in [0.15, 0.2) is 11.5 Å². The molecule has 0 aliphatic carbocycles. The van der Waals surface area contributed by atoms with Gasteiger partial charge >= 0.3 is 5.69 Å². The van der Waals surface area contributed by atoms with Gasteiger partial charge in [-0.05, 0) is 70.4 Å². The topological polar surface area (TPSA) is 85.7 Å². The number of H-pyrrole nitrogens is 1. The van der Waals surface area contributed by atoms with Crippen LogP contribution in [0.1, 0.15) is 18.1 Å². The van der Waals surface area contributed by atoms with Gasteiger partial charge in [0.2, 0.25) is 0 Å². The van der Waals surface area contributed by atoms with Crippen molar-refractivity contribution in [3.8, 4) is 11.5 Å². The molecule has 0 atom stereocenters. The highest BCUT2D eigenvalue weighted by Gasteiger charge is 2.13. The summed E-state index contributed by atoms with van der Waals surface area (Å²) in [6.45, 7) is 2.36. The molecule has 3 aromatic carbocycles. The van der Waals surface area contributed by atoms with Gasteiger partial charge in [-0.15, -0.1) is 4.68 Å². The smallest absolute Gasteiger partial charge is 0.349 e. The number of aromatic amines is 1. The van der Waals surface area contributed by atoms with Crippen LogP contribution in [0.4, 0.5) is 4.39 Å². The van der Waals surface area contributed by atoms with Crippen LogP contribution < -0.4 is 20.7 Å². The van der Waals surface area contributed by atoms with Crippen molar-refractivity contribution in [2.45, 2.75) is 13.5 Å². The Labute approximate surface area is 196 Å². The molecule has 9 heteroatoms. The van der Waals surface area contributed by atoms with Crippen molar-refractivity contribution in [2.24, 2.45) is 5.10 Å². The molecule has 0 bridgehead atoms. The van der Waals surface area contributed by atoms with E-state index >= 15 is 0 Å². The van der Waals surface area contributed by atoms with Gasteiger partial charge in [0, 0.05) is 0 Å². The number of hydrogen-bond acceptors (Lipinski definition) is 5. The van der Waals surface area contributed by atoms with Crippen molar-refractivity contribution in [3.05, 3.63) is 103 Å². The second-order valence-electron chi connectivity index (χ2n) is 7.02. The number of hydrogen-bond donors (Lipinski definition) is 1. The van der Waals surface area contributed by atoms with Crippen LogP contribution in [-0.2, 0) is 6.61 Å². The molecule has 0 unspecified atom stereocenters. The third-order valence-corrected chi connectivity index (χ3v) is 5.30. The molecule has 0 amide bonds. The van der Waals surface area contributed by atoms with E-state index in [1.54, 1.807) is 48.5 Å². The van der Waals surface area contributed by atoms with E-state index in [4.69, 9.17) is 9.47 Å². The molecule has 4 aromatic rings. The molecule has 1 aromatic heterocycles. The standard InChI is InChI=1S/C24H19BrFN3O4/c1-2-32-21-12-16(11-19(25)22(21)33-14-15-6-5-7-17(26)10-15)13-27-29-23(30)18-8-3-4-9-20(18)28-24(29)31/h3-13H,2,14H2,1H3,(H,28,31). The fourth-order valence-electron chi connectivity index (χ4n) is 3.23. The molecule has 1 N–H and O–H groups in total. The Kier molecular flexibility index (Phi) is 6.69. The van der Waals surface area contributed by atoms with E-state index in [2.05, 4.69) is 26.0 Å². The molecule has 33 heavy (non-hydrogen) atoms. The Morgan fingerprint density at radius 3 is 2.70 bits per heavy atom. The van der Waals surface area contributed by atoms with Crippen LogP contribution in [0, 0.1) is 5.82 Å². The molecule has 0 saturated heterocycles. The molecule has 0 radical (unpaired) electrons. The lowest BCUT2D eigenvalue weighted by atomic mass is 10.2. The van der Waals surface area contributed by atoms with Gasteiger partial charge in [0.25, 0.3) is 5.56 Å².